The summed E-state index contributed by atoms with van der Waals surface area (Å²) < 4.78 is 2.24. The minimum atomic E-state index is 0.654. The van der Waals surface area contributed by atoms with Crippen molar-refractivity contribution in [1.82, 2.24) is 9.47 Å². The van der Waals surface area contributed by atoms with Crippen molar-refractivity contribution < 1.29 is 0 Å². The second-order valence-corrected chi connectivity index (χ2v) is 5.52. The number of rotatable bonds is 2. The monoisotopic (exact) mass is 238 g/mol. The zero-order chi connectivity index (χ0) is 12.1. The van der Waals surface area contributed by atoms with Gasteiger partial charge in [-0.05, 0) is 36.1 Å². The molecular formula is C16H18N2. The summed E-state index contributed by atoms with van der Waals surface area (Å²) in [4.78, 5) is 2.68. The molecule has 2 aliphatic rings. The number of aryl methyl sites for hydroxylation is 1. The van der Waals surface area contributed by atoms with Gasteiger partial charge in [-0.15, -0.1) is 0 Å². The molecule has 2 bridgehead atoms. The molecule has 0 amide bonds. The first kappa shape index (κ1) is 10.4. The highest BCUT2D eigenvalue weighted by atomic mass is 15.2. The summed E-state index contributed by atoms with van der Waals surface area (Å²) in [7, 11) is 2.14. The Labute approximate surface area is 108 Å². The second kappa shape index (κ2) is 3.72. The van der Waals surface area contributed by atoms with Crippen LogP contribution in [0.4, 0.5) is 0 Å². The minimum absolute atomic E-state index is 0.654. The number of hydrogen-bond donors (Lipinski definition) is 0. The van der Waals surface area contributed by atoms with Gasteiger partial charge in [0.05, 0.1) is 0 Å². The highest BCUT2D eigenvalue weighted by molar-refractivity contribution is 5.40. The molecule has 18 heavy (non-hydrogen) atoms. The number of benzene rings is 1. The van der Waals surface area contributed by atoms with Crippen LogP contribution in [-0.4, -0.2) is 9.47 Å². The molecule has 2 heteroatoms. The lowest BCUT2D eigenvalue weighted by Crippen LogP contribution is -2.20. The Morgan fingerprint density at radius 1 is 1.00 bits per heavy atom. The second-order valence-electron chi connectivity index (χ2n) is 5.52. The molecule has 2 nitrogen and oxygen atoms in total. The summed E-state index contributed by atoms with van der Waals surface area (Å²) in [6.07, 6.45) is 4.79. The molecule has 1 aromatic carbocycles. The van der Waals surface area contributed by atoms with Crippen LogP contribution in [0.2, 0.25) is 0 Å². The van der Waals surface area contributed by atoms with Crippen LogP contribution in [0.25, 0.3) is 0 Å². The number of nitrogens with zero attached hydrogens (tertiary/aromatic N) is 2. The lowest BCUT2D eigenvalue weighted by Gasteiger charge is -2.22. The predicted molar refractivity (Wildman–Crippen MR) is 72.1 cm³/mol. The summed E-state index contributed by atoms with van der Waals surface area (Å²) in [5.74, 6) is 0. The molecule has 2 unspecified atom stereocenters. The molecule has 2 aliphatic heterocycles. The van der Waals surface area contributed by atoms with Crippen molar-refractivity contribution in [3.63, 3.8) is 0 Å². The first-order chi connectivity index (χ1) is 8.84. The number of hydrogen-bond acceptors (Lipinski definition) is 1. The molecule has 1 aromatic heterocycles. The predicted octanol–water partition coefficient (Wildman–Crippen LogP) is 3.42. The SMILES string of the molecule is Cn1cccc1CN1C2CCC1c1ccccc12. The van der Waals surface area contributed by atoms with Crippen molar-refractivity contribution in [1.29, 1.82) is 0 Å². The number of fused-ring (bicyclic) bond motifs is 5. The maximum Gasteiger partial charge on any atom is 0.0399 e. The summed E-state index contributed by atoms with van der Waals surface area (Å²) in [5, 5.41) is 0. The van der Waals surface area contributed by atoms with Gasteiger partial charge in [0.1, 0.15) is 0 Å². The lowest BCUT2D eigenvalue weighted by molar-refractivity contribution is 0.209. The maximum atomic E-state index is 2.68. The molecule has 0 radical (unpaired) electrons. The quantitative estimate of drug-likeness (QED) is 0.778. The van der Waals surface area contributed by atoms with Gasteiger partial charge in [0.2, 0.25) is 0 Å². The summed E-state index contributed by atoms with van der Waals surface area (Å²) in [6.45, 7) is 1.08. The smallest absolute Gasteiger partial charge is 0.0399 e. The van der Waals surface area contributed by atoms with Gasteiger partial charge in [-0.25, -0.2) is 0 Å². The molecule has 2 aromatic rings. The molecule has 3 heterocycles. The van der Waals surface area contributed by atoms with E-state index in [0.29, 0.717) is 12.1 Å². The fraction of sp³-hybridized carbons (Fsp3) is 0.375. The van der Waals surface area contributed by atoms with Crippen LogP contribution in [0.5, 0.6) is 0 Å². The van der Waals surface area contributed by atoms with E-state index >= 15 is 0 Å². The van der Waals surface area contributed by atoms with E-state index in [2.05, 4.69) is 59.1 Å². The largest absolute Gasteiger partial charge is 0.353 e. The van der Waals surface area contributed by atoms with E-state index in [4.69, 9.17) is 0 Å². The Morgan fingerprint density at radius 2 is 1.67 bits per heavy atom. The van der Waals surface area contributed by atoms with Crippen molar-refractivity contribution in [3.05, 3.63) is 59.4 Å². The molecule has 92 valence electrons. The fourth-order valence-corrected chi connectivity index (χ4v) is 3.72. The van der Waals surface area contributed by atoms with Crippen LogP contribution < -0.4 is 0 Å². The van der Waals surface area contributed by atoms with Crippen molar-refractivity contribution in [2.75, 3.05) is 0 Å². The van der Waals surface area contributed by atoms with E-state index in [1.807, 2.05) is 0 Å². The van der Waals surface area contributed by atoms with Crippen molar-refractivity contribution in [3.8, 4) is 0 Å². The molecule has 2 atom stereocenters. The van der Waals surface area contributed by atoms with E-state index in [0.717, 1.165) is 6.54 Å². The van der Waals surface area contributed by atoms with Gasteiger partial charge in [0, 0.05) is 37.6 Å². The van der Waals surface area contributed by atoms with Gasteiger partial charge < -0.3 is 4.57 Å². The Morgan fingerprint density at radius 3 is 2.22 bits per heavy atom. The standard InChI is InChI=1S/C16H18N2/c1-17-10-4-5-12(17)11-18-15-8-9-16(18)14-7-3-2-6-13(14)15/h2-7,10,15-16H,8-9,11H2,1H3. The van der Waals surface area contributed by atoms with Crippen LogP contribution in [0.3, 0.4) is 0 Å². The third-order valence-electron chi connectivity index (χ3n) is 4.62. The molecule has 0 aliphatic carbocycles. The van der Waals surface area contributed by atoms with Crippen LogP contribution in [0, 0.1) is 0 Å². The van der Waals surface area contributed by atoms with Crippen molar-refractivity contribution in [2.24, 2.45) is 7.05 Å². The Balaban J connectivity index is 1.68. The highest BCUT2D eigenvalue weighted by Gasteiger charge is 2.43. The normalized spacial score (nSPS) is 25.6. The van der Waals surface area contributed by atoms with Gasteiger partial charge in [-0.1, -0.05) is 24.3 Å². The zero-order valence-electron chi connectivity index (χ0n) is 10.7. The molecule has 0 saturated carbocycles. The van der Waals surface area contributed by atoms with Crippen LogP contribution >= 0.6 is 0 Å². The first-order valence-corrected chi connectivity index (χ1v) is 6.79. The molecule has 0 N–H and O–H groups in total. The molecule has 1 fully saturated rings. The maximum absolute atomic E-state index is 2.68. The zero-order valence-corrected chi connectivity index (χ0v) is 10.7. The molecule has 0 spiro atoms. The van der Waals surface area contributed by atoms with E-state index in [1.54, 1.807) is 11.1 Å². The highest BCUT2D eigenvalue weighted by Crippen LogP contribution is 2.53. The Kier molecular flexibility index (Phi) is 2.15. The van der Waals surface area contributed by atoms with Crippen LogP contribution in [0.15, 0.2) is 42.6 Å². The summed E-state index contributed by atoms with van der Waals surface area (Å²) >= 11 is 0. The average molecular weight is 238 g/mol. The fourth-order valence-electron chi connectivity index (χ4n) is 3.72. The van der Waals surface area contributed by atoms with Crippen LogP contribution in [-0.2, 0) is 13.6 Å². The minimum Gasteiger partial charge on any atom is -0.353 e. The van der Waals surface area contributed by atoms with Crippen LogP contribution in [0.1, 0.15) is 41.7 Å². The molecule has 4 rings (SSSR count). The third kappa shape index (κ3) is 1.33. The first-order valence-electron chi connectivity index (χ1n) is 6.79. The summed E-state index contributed by atoms with van der Waals surface area (Å²) in [6, 6.07) is 14.7. The Hall–Kier alpha value is -1.54. The lowest BCUT2D eigenvalue weighted by atomic mass is 9.92. The average Bonchev–Trinajstić information content (AvgIpc) is 3.06. The van der Waals surface area contributed by atoms with E-state index in [9.17, 15) is 0 Å². The number of aromatic nitrogens is 1. The van der Waals surface area contributed by atoms with Gasteiger partial charge in [-0.3, -0.25) is 4.90 Å². The van der Waals surface area contributed by atoms with E-state index in [-0.39, 0.29) is 0 Å². The summed E-state index contributed by atoms with van der Waals surface area (Å²) in [5.41, 5.74) is 4.56. The van der Waals surface area contributed by atoms with E-state index < -0.39 is 0 Å². The van der Waals surface area contributed by atoms with Gasteiger partial charge in [0.25, 0.3) is 0 Å². The topological polar surface area (TPSA) is 8.17 Å². The van der Waals surface area contributed by atoms with Crippen molar-refractivity contribution in [2.45, 2.75) is 31.5 Å². The van der Waals surface area contributed by atoms with Gasteiger partial charge in [0.15, 0.2) is 0 Å². The van der Waals surface area contributed by atoms with E-state index in [1.165, 1.54) is 18.5 Å². The molecule has 1 saturated heterocycles. The molecular weight excluding hydrogens is 220 g/mol. The van der Waals surface area contributed by atoms with Gasteiger partial charge >= 0.3 is 0 Å². The Bertz CT molecular complexity index is 553. The van der Waals surface area contributed by atoms with Gasteiger partial charge in [-0.2, -0.15) is 0 Å². The van der Waals surface area contributed by atoms with Crippen molar-refractivity contribution >= 4 is 0 Å². The third-order valence-corrected chi connectivity index (χ3v) is 4.62.